The molecule has 0 atom stereocenters. The van der Waals surface area contributed by atoms with Gasteiger partial charge in [-0.15, -0.1) is 11.8 Å². The van der Waals surface area contributed by atoms with E-state index < -0.39 is 0 Å². The van der Waals surface area contributed by atoms with Crippen LogP contribution >= 0.6 is 43.6 Å². The van der Waals surface area contributed by atoms with Crippen LogP contribution in [0.15, 0.2) is 26.0 Å². The predicted octanol–water partition coefficient (Wildman–Crippen LogP) is 5.33. The topological polar surface area (TPSA) is 26.0 Å². The van der Waals surface area contributed by atoms with Crippen molar-refractivity contribution < 1.29 is 0 Å². The summed E-state index contributed by atoms with van der Waals surface area (Å²) in [6.07, 6.45) is 10.5. The Morgan fingerprint density at radius 1 is 1.41 bits per heavy atom. The summed E-state index contributed by atoms with van der Waals surface area (Å²) in [7, 11) is 0. The average Bonchev–Trinajstić information content (AvgIpc) is 3.10. The Hall–Kier alpha value is 0.0700. The molecule has 0 spiro atoms. The van der Waals surface area contributed by atoms with Gasteiger partial charge in [-0.3, -0.25) is 0 Å². The minimum Gasteiger partial charge on any atom is -0.398 e. The van der Waals surface area contributed by atoms with Crippen LogP contribution in [0.5, 0.6) is 0 Å². The van der Waals surface area contributed by atoms with Crippen molar-refractivity contribution in [2.24, 2.45) is 5.92 Å². The van der Waals surface area contributed by atoms with E-state index in [1.165, 1.54) is 29.7 Å². The van der Waals surface area contributed by atoms with E-state index >= 15 is 0 Å². The van der Waals surface area contributed by atoms with Crippen molar-refractivity contribution in [1.82, 2.24) is 0 Å². The maximum atomic E-state index is 5.97. The number of rotatable bonds is 4. The Kier molecular flexibility index (Phi) is 4.61. The molecule has 92 valence electrons. The van der Waals surface area contributed by atoms with E-state index in [0.717, 1.165) is 20.6 Å². The van der Waals surface area contributed by atoms with Crippen LogP contribution in [0, 0.1) is 5.92 Å². The van der Waals surface area contributed by atoms with Gasteiger partial charge in [0.2, 0.25) is 0 Å². The Balaban J connectivity index is 2.27. The first kappa shape index (κ1) is 13.5. The molecule has 1 aliphatic carbocycles. The van der Waals surface area contributed by atoms with E-state index in [0.29, 0.717) is 0 Å². The zero-order valence-electron chi connectivity index (χ0n) is 9.67. The van der Waals surface area contributed by atoms with Crippen LogP contribution in [0.4, 0.5) is 5.69 Å². The summed E-state index contributed by atoms with van der Waals surface area (Å²) < 4.78 is 2.00. The monoisotopic (exact) mass is 375 g/mol. The minimum atomic E-state index is 0.778. The van der Waals surface area contributed by atoms with Crippen molar-refractivity contribution in [3.05, 3.63) is 26.7 Å². The normalized spacial score (nSPS) is 15.7. The fourth-order valence-corrected chi connectivity index (χ4v) is 3.75. The second-order valence-electron chi connectivity index (χ2n) is 4.30. The summed E-state index contributed by atoms with van der Waals surface area (Å²) in [5.74, 6) is 0.931. The van der Waals surface area contributed by atoms with E-state index in [-0.39, 0.29) is 0 Å². The number of anilines is 1. The zero-order valence-corrected chi connectivity index (χ0v) is 13.7. The molecule has 4 heteroatoms. The predicted molar refractivity (Wildman–Crippen MR) is 84.4 cm³/mol. The number of nitrogens with two attached hydrogens (primary N) is 1. The van der Waals surface area contributed by atoms with E-state index in [4.69, 9.17) is 5.73 Å². The van der Waals surface area contributed by atoms with Gasteiger partial charge >= 0.3 is 0 Å². The number of benzene rings is 1. The summed E-state index contributed by atoms with van der Waals surface area (Å²) >= 11 is 8.83. The van der Waals surface area contributed by atoms with Crippen molar-refractivity contribution in [2.45, 2.75) is 24.2 Å². The van der Waals surface area contributed by atoms with Crippen molar-refractivity contribution in [2.75, 3.05) is 12.0 Å². The number of thioether (sulfide) groups is 1. The van der Waals surface area contributed by atoms with Gasteiger partial charge in [0.05, 0.1) is 4.47 Å². The maximum Gasteiger partial charge on any atom is 0.0558 e. The van der Waals surface area contributed by atoms with Gasteiger partial charge in [-0.05, 0) is 74.9 Å². The lowest BCUT2D eigenvalue weighted by atomic mass is 10.1. The molecule has 1 saturated carbocycles. The lowest BCUT2D eigenvalue weighted by Gasteiger charge is -2.10. The van der Waals surface area contributed by atoms with Crippen molar-refractivity contribution in [3.63, 3.8) is 0 Å². The molecule has 0 bridgehead atoms. The Labute approximate surface area is 123 Å². The summed E-state index contributed by atoms with van der Waals surface area (Å²) in [4.78, 5) is 1.23. The lowest BCUT2D eigenvalue weighted by Crippen LogP contribution is -1.92. The molecule has 0 aromatic heterocycles. The first-order chi connectivity index (χ1) is 8.13. The van der Waals surface area contributed by atoms with Crippen LogP contribution in [-0.2, 0) is 0 Å². The van der Waals surface area contributed by atoms with Crippen molar-refractivity contribution in [3.8, 4) is 0 Å². The molecule has 1 fully saturated rings. The fourth-order valence-electron chi connectivity index (χ4n) is 1.72. The van der Waals surface area contributed by atoms with Gasteiger partial charge in [-0.1, -0.05) is 12.2 Å². The standard InChI is InChI=1S/C13H15Br2NS/c1-17-13-9(4-2-3-8-5-6-8)7-10(16)11(14)12(13)15/h2,4,7-8H,3,5-6,16H2,1H3/b4-2+. The molecule has 2 N–H and O–H groups in total. The number of nitrogen functional groups attached to an aromatic ring is 1. The number of hydrogen-bond acceptors (Lipinski definition) is 2. The van der Waals surface area contributed by atoms with Crippen LogP contribution in [0.2, 0.25) is 0 Å². The highest BCUT2D eigenvalue weighted by Crippen LogP contribution is 2.40. The van der Waals surface area contributed by atoms with Crippen LogP contribution < -0.4 is 5.73 Å². The number of hydrogen-bond donors (Lipinski definition) is 1. The summed E-state index contributed by atoms with van der Waals surface area (Å²) in [5, 5.41) is 0. The molecule has 1 nitrogen and oxygen atoms in total. The van der Waals surface area contributed by atoms with E-state index in [2.05, 4.69) is 50.3 Å². The number of halogens is 2. The zero-order chi connectivity index (χ0) is 12.4. The molecule has 1 aromatic carbocycles. The smallest absolute Gasteiger partial charge is 0.0558 e. The quantitative estimate of drug-likeness (QED) is 0.567. The molecule has 2 rings (SSSR count). The van der Waals surface area contributed by atoms with E-state index in [1.807, 2.05) is 6.07 Å². The van der Waals surface area contributed by atoms with Crippen LogP contribution in [0.3, 0.4) is 0 Å². The number of allylic oxidation sites excluding steroid dienone is 1. The largest absolute Gasteiger partial charge is 0.398 e. The first-order valence-corrected chi connectivity index (χ1v) is 8.42. The van der Waals surface area contributed by atoms with Crippen LogP contribution in [0.25, 0.3) is 6.08 Å². The minimum absolute atomic E-state index is 0.778. The molecule has 1 aromatic rings. The van der Waals surface area contributed by atoms with Crippen LogP contribution in [0.1, 0.15) is 24.8 Å². The highest BCUT2D eigenvalue weighted by molar-refractivity contribution is 9.13. The lowest BCUT2D eigenvalue weighted by molar-refractivity contribution is 0.865. The molecular weight excluding hydrogens is 362 g/mol. The highest BCUT2D eigenvalue weighted by Gasteiger charge is 2.19. The first-order valence-electron chi connectivity index (χ1n) is 5.61. The second-order valence-corrected chi connectivity index (χ2v) is 6.70. The molecule has 0 unspecified atom stereocenters. The van der Waals surface area contributed by atoms with Gasteiger partial charge in [-0.25, -0.2) is 0 Å². The van der Waals surface area contributed by atoms with Gasteiger partial charge in [0.1, 0.15) is 0 Å². The average molecular weight is 377 g/mol. The summed E-state index contributed by atoms with van der Waals surface area (Å²) in [6.45, 7) is 0. The third-order valence-electron chi connectivity index (χ3n) is 2.89. The van der Waals surface area contributed by atoms with Crippen molar-refractivity contribution >= 4 is 55.4 Å². The molecule has 0 saturated heterocycles. The van der Waals surface area contributed by atoms with Gasteiger partial charge in [0, 0.05) is 15.1 Å². The highest BCUT2D eigenvalue weighted by atomic mass is 79.9. The summed E-state index contributed by atoms with van der Waals surface area (Å²) in [6, 6.07) is 2.03. The maximum absolute atomic E-state index is 5.97. The van der Waals surface area contributed by atoms with Gasteiger partial charge in [0.25, 0.3) is 0 Å². The van der Waals surface area contributed by atoms with E-state index in [9.17, 15) is 0 Å². The van der Waals surface area contributed by atoms with Crippen molar-refractivity contribution in [1.29, 1.82) is 0 Å². The molecule has 17 heavy (non-hydrogen) atoms. The molecule has 0 aliphatic heterocycles. The Morgan fingerprint density at radius 3 is 2.71 bits per heavy atom. The molecular formula is C13H15Br2NS. The van der Waals surface area contributed by atoms with Gasteiger partial charge in [0.15, 0.2) is 0 Å². The van der Waals surface area contributed by atoms with Gasteiger partial charge < -0.3 is 5.73 Å². The fraction of sp³-hybridized carbons (Fsp3) is 0.385. The van der Waals surface area contributed by atoms with E-state index in [1.54, 1.807) is 11.8 Å². The molecule has 1 aliphatic rings. The Bertz CT molecular complexity index is 453. The third-order valence-corrected chi connectivity index (χ3v) is 6.18. The summed E-state index contributed by atoms with van der Waals surface area (Å²) in [5.41, 5.74) is 7.95. The molecule has 0 amide bonds. The van der Waals surface area contributed by atoms with Gasteiger partial charge in [-0.2, -0.15) is 0 Å². The third kappa shape index (κ3) is 3.30. The SMILES string of the molecule is CSc1c(/C=C/CC2CC2)cc(N)c(Br)c1Br. The Morgan fingerprint density at radius 2 is 2.12 bits per heavy atom. The molecule has 0 heterocycles. The second kappa shape index (κ2) is 5.81. The molecule has 0 radical (unpaired) electrons. The van der Waals surface area contributed by atoms with Crippen LogP contribution in [-0.4, -0.2) is 6.26 Å².